The predicted molar refractivity (Wildman–Crippen MR) is 205 cm³/mol. The molecule has 0 amide bonds. The van der Waals surface area contributed by atoms with Gasteiger partial charge in [-0.3, -0.25) is 4.98 Å². The Labute approximate surface area is 285 Å². The number of unbranched alkanes of at least 4 members (excludes halogenated alkanes) is 30. The number of rotatable bonds is 36. The van der Waals surface area contributed by atoms with Crippen molar-refractivity contribution in [3.63, 3.8) is 0 Å². The Bertz CT molecular complexity index is 655. The minimum atomic E-state index is 1.18. The molecular weight excluding hydrogens is 542 g/mol. The van der Waals surface area contributed by atoms with E-state index >= 15 is 0 Å². The molecule has 264 valence electrons. The molecule has 1 nitrogen and oxygen atoms in total. The SMILES string of the molecule is CCCCCCCCCCCCCCCCCCc1cc(CCC)cc(CCCCCCCCCCCCCCCCCC)n1. The summed E-state index contributed by atoms with van der Waals surface area (Å²) in [6.45, 7) is 6.93. The Balaban J connectivity index is 2.02. The van der Waals surface area contributed by atoms with Crippen LogP contribution in [0.3, 0.4) is 0 Å². The summed E-state index contributed by atoms with van der Waals surface area (Å²) in [5, 5.41) is 0. The number of aromatic nitrogens is 1. The normalized spacial score (nSPS) is 11.5. The molecule has 0 saturated carbocycles. The van der Waals surface area contributed by atoms with Crippen LogP contribution < -0.4 is 0 Å². The van der Waals surface area contributed by atoms with E-state index in [4.69, 9.17) is 4.98 Å². The average Bonchev–Trinajstić information content (AvgIpc) is 3.04. The summed E-state index contributed by atoms with van der Waals surface area (Å²) in [6.07, 6.45) is 50.8. The lowest BCUT2D eigenvalue weighted by atomic mass is 10.0. The highest BCUT2D eigenvalue weighted by Gasteiger charge is 2.05. The van der Waals surface area contributed by atoms with Gasteiger partial charge in [-0.2, -0.15) is 0 Å². The lowest BCUT2D eigenvalue weighted by molar-refractivity contribution is 0.528. The van der Waals surface area contributed by atoms with Crippen LogP contribution in [0.4, 0.5) is 0 Å². The van der Waals surface area contributed by atoms with E-state index in [1.165, 1.54) is 248 Å². The number of aryl methyl sites for hydroxylation is 3. The first-order chi connectivity index (χ1) is 22.3. The van der Waals surface area contributed by atoms with E-state index in [0.29, 0.717) is 0 Å². The Morgan fingerprint density at radius 3 is 0.778 bits per heavy atom. The third-order valence-corrected chi connectivity index (χ3v) is 10.1. The zero-order valence-electron chi connectivity index (χ0n) is 31.6. The van der Waals surface area contributed by atoms with E-state index in [2.05, 4.69) is 32.9 Å². The largest absolute Gasteiger partial charge is 0.258 e. The molecule has 1 aromatic rings. The van der Waals surface area contributed by atoms with Crippen molar-refractivity contribution in [3.8, 4) is 0 Å². The van der Waals surface area contributed by atoms with Gasteiger partial charge in [0.1, 0.15) is 0 Å². The smallest absolute Gasteiger partial charge is 0.0409 e. The van der Waals surface area contributed by atoms with Gasteiger partial charge in [-0.15, -0.1) is 0 Å². The summed E-state index contributed by atoms with van der Waals surface area (Å²) in [4.78, 5) is 5.13. The van der Waals surface area contributed by atoms with E-state index in [-0.39, 0.29) is 0 Å². The highest BCUT2D eigenvalue weighted by atomic mass is 14.7. The second kappa shape index (κ2) is 34.5. The average molecular weight is 626 g/mol. The molecule has 0 bridgehead atoms. The first-order valence-electron chi connectivity index (χ1n) is 21.3. The molecule has 0 aromatic carbocycles. The molecule has 0 aliphatic rings. The van der Waals surface area contributed by atoms with Crippen molar-refractivity contribution in [3.05, 3.63) is 29.1 Å². The molecule has 1 rings (SSSR count). The molecule has 0 saturated heterocycles. The first kappa shape index (κ1) is 42.2. The number of pyridine rings is 1. The molecule has 0 spiro atoms. The van der Waals surface area contributed by atoms with Crippen molar-refractivity contribution in [2.24, 2.45) is 0 Å². The van der Waals surface area contributed by atoms with Crippen molar-refractivity contribution >= 4 is 0 Å². The second-order valence-corrected chi connectivity index (χ2v) is 14.8. The van der Waals surface area contributed by atoms with Gasteiger partial charge in [0.2, 0.25) is 0 Å². The Morgan fingerprint density at radius 2 is 0.533 bits per heavy atom. The van der Waals surface area contributed by atoms with Crippen LogP contribution in [0.25, 0.3) is 0 Å². The summed E-state index contributed by atoms with van der Waals surface area (Å²) in [5.41, 5.74) is 4.28. The van der Waals surface area contributed by atoms with Crippen molar-refractivity contribution in [2.45, 2.75) is 252 Å². The summed E-state index contributed by atoms with van der Waals surface area (Å²) < 4.78 is 0. The van der Waals surface area contributed by atoms with Crippen LogP contribution in [-0.4, -0.2) is 4.98 Å². The fourth-order valence-electron chi connectivity index (χ4n) is 7.12. The van der Waals surface area contributed by atoms with Gasteiger partial charge >= 0.3 is 0 Å². The lowest BCUT2D eigenvalue weighted by Crippen LogP contribution is -2.00. The summed E-state index contributed by atoms with van der Waals surface area (Å²) in [5.74, 6) is 0. The molecule has 0 fully saturated rings. The van der Waals surface area contributed by atoms with Crippen molar-refractivity contribution < 1.29 is 0 Å². The van der Waals surface area contributed by atoms with Crippen molar-refractivity contribution in [1.29, 1.82) is 0 Å². The fraction of sp³-hybridized carbons (Fsp3) is 0.886. The summed E-state index contributed by atoms with van der Waals surface area (Å²) >= 11 is 0. The minimum absolute atomic E-state index is 1.18. The molecule has 0 radical (unpaired) electrons. The molecule has 1 aromatic heterocycles. The molecule has 0 N–H and O–H groups in total. The number of nitrogens with zero attached hydrogens (tertiary/aromatic N) is 1. The van der Waals surface area contributed by atoms with Crippen molar-refractivity contribution in [1.82, 2.24) is 4.98 Å². The highest BCUT2D eigenvalue weighted by molar-refractivity contribution is 5.22. The predicted octanol–water partition coefficient (Wildman–Crippen LogP) is 15.6. The van der Waals surface area contributed by atoms with E-state index in [0.717, 1.165) is 0 Å². The van der Waals surface area contributed by atoms with Crippen LogP contribution in [0.15, 0.2) is 12.1 Å². The maximum absolute atomic E-state index is 5.13. The van der Waals surface area contributed by atoms with Gasteiger partial charge in [0.25, 0.3) is 0 Å². The van der Waals surface area contributed by atoms with E-state index in [1.54, 1.807) is 0 Å². The molecular formula is C44H83N. The third-order valence-electron chi connectivity index (χ3n) is 10.1. The van der Waals surface area contributed by atoms with E-state index in [9.17, 15) is 0 Å². The maximum atomic E-state index is 5.13. The van der Waals surface area contributed by atoms with Crippen LogP contribution in [0.1, 0.15) is 250 Å². The Morgan fingerprint density at radius 1 is 0.289 bits per heavy atom. The zero-order chi connectivity index (χ0) is 32.3. The van der Waals surface area contributed by atoms with Crippen LogP contribution >= 0.6 is 0 Å². The molecule has 0 unspecified atom stereocenters. The number of hydrogen-bond donors (Lipinski definition) is 0. The number of hydrogen-bond acceptors (Lipinski definition) is 1. The maximum Gasteiger partial charge on any atom is 0.0409 e. The molecule has 0 aliphatic carbocycles. The standard InChI is InChI=1S/C44H83N/c1-4-7-9-11-13-15-17-19-21-23-25-27-29-31-33-35-38-43-40-42(37-6-3)41-44(45-43)39-36-34-32-30-28-26-24-22-20-18-16-14-12-10-8-5-2/h40-41H,4-39H2,1-3H3. The van der Waals surface area contributed by atoms with Gasteiger partial charge in [-0.1, -0.05) is 220 Å². The van der Waals surface area contributed by atoms with Crippen LogP contribution in [0.2, 0.25) is 0 Å². The first-order valence-corrected chi connectivity index (χ1v) is 21.3. The van der Waals surface area contributed by atoms with E-state index in [1.807, 2.05) is 0 Å². The molecule has 1 heteroatoms. The van der Waals surface area contributed by atoms with Crippen molar-refractivity contribution in [2.75, 3.05) is 0 Å². The third kappa shape index (κ3) is 29.1. The molecule has 45 heavy (non-hydrogen) atoms. The monoisotopic (exact) mass is 626 g/mol. The zero-order valence-corrected chi connectivity index (χ0v) is 31.6. The van der Waals surface area contributed by atoms with Gasteiger partial charge < -0.3 is 0 Å². The summed E-state index contributed by atoms with van der Waals surface area (Å²) in [7, 11) is 0. The van der Waals surface area contributed by atoms with Gasteiger partial charge in [0.05, 0.1) is 0 Å². The molecule has 1 heterocycles. The lowest BCUT2D eigenvalue weighted by Gasteiger charge is -2.09. The summed E-state index contributed by atoms with van der Waals surface area (Å²) in [6, 6.07) is 4.84. The van der Waals surface area contributed by atoms with Gasteiger partial charge in [-0.25, -0.2) is 0 Å². The highest BCUT2D eigenvalue weighted by Crippen LogP contribution is 2.18. The quantitative estimate of drug-likeness (QED) is 0.0676. The van der Waals surface area contributed by atoms with E-state index < -0.39 is 0 Å². The second-order valence-electron chi connectivity index (χ2n) is 14.8. The van der Waals surface area contributed by atoms with Gasteiger partial charge in [-0.05, 0) is 49.8 Å². The van der Waals surface area contributed by atoms with Gasteiger partial charge in [0, 0.05) is 11.4 Å². The van der Waals surface area contributed by atoms with Crippen LogP contribution in [0, 0.1) is 0 Å². The molecule has 0 atom stereocenters. The van der Waals surface area contributed by atoms with Gasteiger partial charge in [0.15, 0.2) is 0 Å². The Kier molecular flexibility index (Phi) is 32.3. The topological polar surface area (TPSA) is 12.9 Å². The molecule has 0 aliphatic heterocycles. The Hall–Kier alpha value is -0.850. The van der Waals surface area contributed by atoms with Crippen LogP contribution in [0.5, 0.6) is 0 Å². The minimum Gasteiger partial charge on any atom is -0.258 e. The fourth-order valence-corrected chi connectivity index (χ4v) is 7.12. The van der Waals surface area contributed by atoms with Crippen LogP contribution in [-0.2, 0) is 19.3 Å².